The lowest BCUT2D eigenvalue weighted by atomic mass is 10.0. The van der Waals surface area contributed by atoms with Crippen LogP contribution in [0.2, 0.25) is 0 Å². The predicted molar refractivity (Wildman–Crippen MR) is 190 cm³/mol. The van der Waals surface area contributed by atoms with Gasteiger partial charge in [0.15, 0.2) is 0 Å². The van der Waals surface area contributed by atoms with E-state index in [1.54, 1.807) is 0 Å². The van der Waals surface area contributed by atoms with E-state index in [0.29, 0.717) is 6.42 Å². The maximum atomic E-state index is 12.5. The van der Waals surface area contributed by atoms with E-state index in [0.717, 1.165) is 116 Å². The van der Waals surface area contributed by atoms with Gasteiger partial charge >= 0.3 is 11.9 Å². The molecule has 0 aromatic rings. The summed E-state index contributed by atoms with van der Waals surface area (Å²) in [6, 6.07) is 0. The van der Waals surface area contributed by atoms with E-state index in [-0.39, 0.29) is 18.5 Å². The average molecular weight is 611 g/mol. The Labute approximate surface area is 271 Å². The summed E-state index contributed by atoms with van der Waals surface area (Å²) >= 11 is 0. The summed E-state index contributed by atoms with van der Waals surface area (Å²) < 4.78 is 5.90. The number of ether oxygens (including phenoxy) is 1. The van der Waals surface area contributed by atoms with Crippen LogP contribution in [0.25, 0.3) is 0 Å². The first-order valence-corrected chi connectivity index (χ1v) is 17.9. The molecule has 0 aliphatic carbocycles. The first-order valence-electron chi connectivity index (χ1n) is 17.9. The molecule has 0 aliphatic heterocycles. The van der Waals surface area contributed by atoms with Gasteiger partial charge in [0.1, 0.15) is 6.10 Å². The van der Waals surface area contributed by atoms with Crippen LogP contribution in [-0.4, -0.2) is 23.1 Å². The van der Waals surface area contributed by atoms with Crippen molar-refractivity contribution in [2.24, 2.45) is 0 Å². The van der Waals surface area contributed by atoms with Gasteiger partial charge in [0, 0.05) is 12.8 Å². The Morgan fingerprint density at radius 3 is 1.45 bits per heavy atom. The summed E-state index contributed by atoms with van der Waals surface area (Å²) in [5.74, 6) is -0.742. The number of carboxylic acid groups (broad SMARTS) is 1. The van der Waals surface area contributed by atoms with Crippen molar-refractivity contribution in [3.8, 4) is 0 Å². The summed E-state index contributed by atoms with van der Waals surface area (Å²) in [7, 11) is 0. The van der Waals surface area contributed by atoms with Crippen molar-refractivity contribution in [3.05, 3.63) is 72.9 Å². The number of hydrogen-bond acceptors (Lipinski definition) is 3. The van der Waals surface area contributed by atoms with E-state index in [4.69, 9.17) is 9.84 Å². The summed E-state index contributed by atoms with van der Waals surface area (Å²) in [5, 5.41) is 8.73. The molecule has 0 saturated carbocycles. The Bertz CT molecular complexity index is 830. The average Bonchev–Trinajstić information content (AvgIpc) is 3.01. The van der Waals surface area contributed by atoms with Crippen molar-refractivity contribution in [3.63, 3.8) is 0 Å². The number of hydrogen-bond donors (Lipinski definition) is 1. The van der Waals surface area contributed by atoms with Gasteiger partial charge in [-0.05, 0) is 89.9 Å². The first-order chi connectivity index (χ1) is 21.6. The molecule has 0 saturated heterocycles. The van der Waals surface area contributed by atoms with Gasteiger partial charge in [-0.25, -0.2) is 0 Å². The zero-order valence-electron chi connectivity index (χ0n) is 28.4. The Morgan fingerprint density at radius 2 is 0.955 bits per heavy atom. The van der Waals surface area contributed by atoms with Crippen LogP contribution in [0.5, 0.6) is 0 Å². The van der Waals surface area contributed by atoms with Gasteiger partial charge in [-0.2, -0.15) is 0 Å². The highest BCUT2D eigenvalue weighted by Gasteiger charge is 2.14. The molecule has 0 aliphatic rings. The molecule has 0 amide bonds. The van der Waals surface area contributed by atoms with Gasteiger partial charge in [0.2, 0.25) is 0 Å². The summed E-state index contributed by atoms with van der Waals surface area (Å²) in [5.41, 5.74) is 0. The van der Waals surface area contributed by atoms with Gasteiger partial charge in [-0.15, -0.1) is 0 Å². The Balaban J connectivity index is 3.94. The van der Waals surface area contributed by atoms with Crippen LogP contribution in [0.15, 0.2) is 72.9 Å². The highest BCUT2D eigenvalue weighted by molar-refractivity contribution is 5.69. The number of carbonyl (C=O) groups is 2. The van der Waals surface area contributed by atoms with E-state index in [9.17, 15) is 9.59 Å². The molecule has 0 aromatic heterocycles. The number of allylic oxidation sites excluding steroid dienone is 12. The molecular weight excluding hydrogens is 544 g/mol. The maximum Gasteiger partial charge on any atom is 0.306 e. The number of carbonyl (C=O) groups excluding carboxylic acids is 1. The Hall–Kier alpha value is -2.62. The van der Waals surface area contributed by atoms with E-state index in [1.165, 1.54) is 19.3 Å². The minimum atomic E-state index is -0.702. The molecule has 0 aromatic carbocycles. The molecule has 44 heavy (non-hydrogen) atoms. The molecular formula is C40H66O4. The van der Waals surface area contributed by atoms with E-state index in [2.05, 4.69) is 86.8 Å². The largest absolute Gasteiger partial charge is 0.481 e. The van der Waals surface area contributed by atoms with Crippen LogP contribution in [-0.2, 0) is 14.3 Å². The third kappa shape index (κ3) is 33.9. The Morgan fingerprint density at radius 1 is 0.523 bits per heavy atom. The van der Waals surface area contributed by atoms with Gasteiger partial charge in [0.25, 0.3) is 0 Å². The maximum absolute atomic E-state index is 12.5. The monoisotopic (exact) mass is 610 g/mol. The third-order valence-corrected chi connectivity index (χ3v) is 7.44. The molecule has 1 atom stereocenters. The lowest BCUT2D eigenvalue weighted by Crippen LogP contribution is -2.18. The summed E-state index contributed by atoms with van der Waals surface area (Å²) in [6.07, 6.45) is 49.3. The third-order valence-electron chi connectivity index (χ3n) is 7.44. The molecule has 0 bridgehead atoms. The molecule has 250 valence electrons. The second kappa shape index (κ2) is 34.9. The summed E-state index contributed by atoms with van der Waals surface area (Å²) in [4.78, 5) is 23.1. The molecule has 4 heteroatoms. The fraction of sp³-hybridized carbons (Fsp3) is 0.650. The topological polar surface area (TPSA) is 63.6 Å². The van der Waals surface area contributed by atoms with Gasteiger partial charge < -0.3 is 9.84 Å². The smallest absolute Gasteiger partial charge is 0.306 e. The normalized spacial score (nSPS) is 13.1. The molecule has 0 radical (unpaired) electrons. The number of unbranched alkanes of at least 4 members (excludes halogenated alkanes) is 10. The van der Waals surface area contributed by atoms with Gasteiger partial charge in [0.05, 0.1) is 0 Å². The highest BCUT2D eigenvalue weighted by Crippen LogP contribution is 2.18. The first kappa shape index (κ1) is 41.4. The fourth-order valence-corrected chi connectivity index (χ4v) is 4.83. The molecule has 0 heterocycles. The second-order valence-corrected chi connectivity index (χ2v) is 11.7. The van der Waals surface area contributed by atoms with E-state index in [1.807, 2.05) is 0 Å². The second-order valence-electron chi connectivity index (χ2n) is 11.7. The molecule has 0 rings (SSSR count). The van der Waals surface area contributed by atoms with Gasteiger partial charge in [-0.1, -0.05) is 132 Å². The van der Waals surface area contributed by atoms with Crippen LogP contribution in [0.3, 0.4) is 0 Å². The van der Waals surface area contributed by atoms with Crippen molar-refractivity contribution in [2.75, 3.05) is 0 Å². The summed E-state index contributed by atoms with van der Waals surface area (Å²) in [6.45, 7) is 4.37. The van der Waals surface area contributed by atoms with Crippen molar-refractivity contribution >= 4 is 11.9 Å². The fourth-order valence-electron chi connectivity index (χ4n) is 4.83. The molecule has 1 N–H and O–H groups in total. The molecule has 0 fully saturated rings. The minimum absolute atomic E-state index is 0.0399. The van der Waals surface area contributed by atoms with Crippen LogP contribution in [0.4, 0.5) is 0 Å². The van der Waals surface area contributed by atoms with Crippen LogP contribution in [0, 0.1) is 0 Å². The molecule has 1 unspecified atom stereocenters. The zero-order valence-corrected chi connectivity index (χ0v) is 28.4. The standard InChI is InChI=1S/C40H66O4/c1-3-5-7-9-10-11-12-13-14-15-16-17-18-19-20-21-22-23-24-29-33-37-40(43)44-38(34-30-8-6-4-2)35-31-27-25-26-28-32-36-39(41)42/h5,7,10-11,13-14,16-17,19-20,22-23,38H,3-4,6,8-9,12,15,18,21,24-37H2,1-2H3,(H,41,42)/b7-5-,11-10-,14-13-,17-16-,20-19-,23-22-. The number of esters is 1. The van der Waals surface area contributed by atoms with Crippen LogP contribution >= 0.6 is 0 Å². The van der Waals surface area contributed by atoms with Crippen LogP contribution in [0.1, 0.15) is 162 Å². The molecule has 4 nitrogen and oxygen atoms in total. The Kier molecular flexibility index (Phi) is 32.8. The number of carboxylic acids is 1. The number of rotatable bonds is 31. The number of aliphatic carboxylic acids is 1. The van der Waals surface area contributed by atoms with Crippen LogP contribution < -0.4 is 0 Å². The van der Waals surface area contributed by atoms with Crippen molar-refractivity contribution in [1.29, 1.82) is 0 Å². The van der Waals surface area contributed by atoms with E-state index < -0.39 is 5.97 Å². The molecule has 0 spiro atoms. The quantitative estimate of drug-likeness (QED) is 0.0482. The van der Waals surface area contributed by atoms with Crippen molar-refractivity contribution < 1.29 is 19.4 Å². The minimum Gasteiger partial charge on any atom is -0.481 e. The van der Waals surface area contributed by atoms with Crippen molar-refractivity contribution in [1.82, 2.24) is 0 Å². The lowest BCUT2D eigenvalue weighted by Gasteiger charge is -2.18. The lowest BCUT2D eigenvalue weighted by molar-refractivity contribution is -0.150. The predicted octanol–water partition coefficient (Wildman–Crippen LogP) is 12.3. The SMILES string of the molecule is CC/C=C\C/C=C\C/C=C\C/C=C\C/C=C\C/C=C\CCCCC(=O)OC(CCCCCC)CCCCCCCCC(=O)O. The van der Waals surface area contributed by atoms with E-state index >= 15 is 0 Å². The van der Waals surface area contributed by atoms with Gasteiger partial charge in [-0.3, -0.25) is 9.59 Å². The zero-order chi connectivity index (χ0) is 32.2. The van der Waals surface area contributed by atoms with Crippen molar-refractivity contribution in [2.45, 2.75) is 168 Å². The highest BCUT2D eigenvalue weighted by atomic mass is 16.5.